The summed E-state index contributed by atoms with van der Waals surface area (Å²) in [6.07, 6.45) is 6.95. The Morgan fingerprint density at radius 2 is 2.00 bits per heavy atom. The smallest absolute Gasteiger partial charge is 0.317 e. The molecule has 0 spiro atoms. The van der Waals surface area contributed by atoms with Crippen molar-refractivity contribution in [2.24, 2.45) is 5.92 Å². The van der Waals surface area contributed by atoms with Crippen LogP contribution in [0.2, 0.25) is 0 Å². The Kier molecular flexibility index (Phi) is 6.42. The van der Waals surface area contributed by atoms with Gasteiger partial charge in [0.2, 0.25) is 5.89 Å². The summed E-state index contributed by atoms with van der Waals surface area (Å²) in [6, 6.07) is 0.262. The van der Waals surface area contributed by atoms with E-state index in [2.05, 4.69) is 22.4 Å². The molecular formula is C17H30N4O2. The molecule has 1 aliphatic rings. The molecule has 6 nitrogen and oxygen atoms in total. The lowest BCUT2D eigenvalue weighted by Gasteiger charge is -2.34. The number of carbonyl (C=O) groups is 1. The fourth-order valence-corrected chi connectivity index (χ4v) is 3.12. The van der Waals surface area contributed by atoms with E-state index in [1.807, 2.05) is 25.8 Å². The van der Waals surface area contributed by atoms with Crippen LogP contribution in [-0.2, 0) is 6.42 Å². The van der Waals surface area contributed by atoms with Gasteiger partial charge >= 0.3 is 6.03 Å². The van der Waals surface area contributed by atoms with Crippen molar-refractivity contribution in [3.8, 4) is 0 Å². The number of nitrogens with one attached hydrogen (secondary N) is 1. The van der Waals surface area contributed by atoms with Crippen molar-refractivity contribution in [2.45, 2.75) is 71.3 Å². The van der Waals surface area contributed by atoms with Crippen molar-refractivity contribution in [3.05, 3.63) is 11.7 Å². The van der Waals surface area contributed by atoms with Crippen LogP contribution in [0, 0.1) is 5.92 Å². The molecule has 1 N–H and O–H groups in total. The van der Waals surface area contributed by atoms with Crippen LogP contribution in [0.3, 0.4) is 0 Å². The summed E-state index contributed by atoms with van der Waals surface area (Å²) >= 11 is 0. The second-order valence-electron chi connectivity index (χ2n) is 6.93. The zero-order valence-corrected chi connectivity index (χ0v) is 14.8. The first-order valence-electron chi connectivity index (χ1n) is 8.82. The Balaban J connectivity index is 1.74. The van der Waals surface area contributed by atoms with E-state index in [0.717, 1.165) is 5.82 Å². The fourth-order valence-electron chi connectivity index (χ4n) is 3.12. The van der Waals surface area contributed by atoms with E-state index >= 15 is 0 Å². The van der Waals surface area contributed by atoms with Gasteiger partial charge in [-0.3, -0.25) is 0 Å². The molecule has 2 amide bonds. The molecule has 0 aliphatic heterocycles. The van der Waals surface area contributed by atoms with E-state index in [1.54, 1.807) is 0 Å². The number of nitrogens with zero attached hydrogens (tertiary/aromatic N) is 3. The summed E-state index contributed by atoms with van der Waals surface area (Å²) < 4.78 is 5.18. The zero-order chi connectivity index (χ0) is 16.8. The maximum absolute atomic E-state index is 12.3. The summed E-state index contributed by atoms with van der Waals surface area (Å²) in [5.41, 5.74) is 0. The Morgan fingerprint density at radius 3 is 2.61 bits per heavy atom. The van der Waals surface area contributed by atoms with Gasteiger partial charge in [-0.1, -0.05) is 38.3 Å². The van der Waals surface area contributed by atoms with E-state index in [9.17, 15) is 4.79 Å². The third kappa shape index (κ3) is 4.94. The second kappa shape index (κ2) is 8.31. The van der Waals surface area contributed by atoms with Crippen LogP contribution < -0.4 is 5.32 Å². The van der Waals surface area contributed by atoms with Crippen LogP contribution in [-0.4, -0.2) is 40.7 Å². The van der Waals surface area contributed by atoms with E-state index in [0.29, 0.717) is 24.8 Å². The Labute approximate surface area is 139 Å². The van der Waals surface area contributed by atoms with Gasteiger partial charge in [0, 0.05) is 32.0 Å². The lowest BCUT2D eigenvalue weighted by atomic mass is 9.84. The van der Waals surface area contributed by atoms with Gasteiger partial charge in [0.1, 0.15) is 0 Å². The lowest BCUT2D eigenvalue weighted by Crippen LogP contribution is -2.46. The van der Waals surface area contributed by atoms with Crippen molar-refractivity contribution >= 4 is 6.03 Å². The quantitative estimate of drug-likeness (QED) is 0.872. The van der Waals surface area contributed by atoms with Crippen molar-refractivity contribution in [1.29, 1.82) is 0 Å². The molecule has 0 bridgehead atoms. The third-order valence-corrected chi connectivity index (χ3v) is 4.88. The van der Waals surface area contributed by atoms with Gasteiger partial charge in [-0.05, 0) is 25.7 Å². The first kappa shape index (κ1) is 17.8. The normalized spacial score (nSPS) is 17.3. The molecule has 0 radical (unpaired) electrons. The largest absolute Gasteiger partial charge is 0.339 e. The maximum Gasteiger partial charge on any atom is 0.317 e. The van der Waals surface area contributed by atoms with E-state index in [1.165, 1.54) is 32.1 Å². The van der Waals surface area contributed by atoms with Crippen LogP contribution >= 0.6 is 0 Å². The molecule has 1 aliphatic carbocycles. The van der Waals surface area contributed by atoms with Gasteiger partial charge in [-0.2, -0.15) is 4.98 Å². The van der Waals surface area contributed by atoms with Gasteiger partial charge in [-0.15, -0.1) is 0 Å². The highest BCUT2D eigenvalue weighted by Crippen LogP contribution is 2.28. The first-order valence-corrected chi connectivity index (χ1v) is 8.82. The van der Waals surface area contributed by atoms with E-state index in [4.69, 9.17) is 4.52 Å². The number of hydrogen-bond donors (Lipinski definition) is 1. The molecule has 2 rings (SSSR count). The summed E-state index contributed by atoms with van der Waals surface area (Å²) in [4.78, 5) is 18.4. The molecule has 0 aromatic carbocycles. The third-order valence-electron chi connectivity index (χ3n) is 4.88. The number of hydrogen-bond acceptors (Lipinski definition) is 4. The Morgan fingerprint density at radius 1 is 1.30 bits per heavy atom. The molecule has 1 heterocycles. The van der Waals surface area contributed by atoms with E-state index in [-0.39, 0.29) is 18.0 Å². The standard InChI is InChI=1S/C17H30N4O2/c1-12(2)16-19-15(23-20-16)10-11-18-17(22)21(4)13(3)14-8-6-5-7-9-14/h12-14H,5-11H2,1-4H3,(H,18,22). The highest BCUT2D eigenvalue weighted by atomic mass is 16.5. The second-order valence-corrected chi connectivity index (χ2v) is 6.93. The topological polar surface area (TPSA) is 71.3 Å². The predicted octanol–water partition coefficient (Wildman–Crippen LogP) is 3.35. The average Bonchev–Trinajstić information content (AvgIpc) is 3.03. The lowest BCUT2D eigenvalue weighted by molar-refractivity contribution is 0.156. The summed E-state index contributed by atoms with van der Waals surface area (Å²) in [7, 11) is 1.89. The number of amides is 2. The molecular weight excluding hydrogens is 292 g/mol. The molecule has 1 fully saturated rings. The number of rotatable bonds is 6. The Bertz CT molecular complexity index is 495. The van der Waals surface area contributed by atoms with Gasteiger partial charge in [0.05, 0.1) is 0 Å². The number of urea groups is 1. The van der Waals surface area contributed by atoms with E-state index < -0.39 is 0 Å². The minimum absolute atomic E-state index is 0.0216. The molecule has 130 valence electrons. The predicted molar refractivity (Wildman–Crippen MR) is 89.3 cm³/mol. The SMILES string of the molecule is CC(C)c1noc(CCNC(=O)N(C)C(C)C2CCCCC2)n1. The van der Waals surface area contributed by atoms with Crippen molar-refractivity contribution in [3.63, 3.8) is 0 Å². The van der Waals surface area contributed by atoms with Crippen LogP contribution in [0.25, 0.3) is 0 Å². The van der Waals surface area contributed by atoms with Gasteiger partial charge < -0.3 is 14.7 Å². The monoisotopic (exact) mass is 322 g/mol. The number of carbonyl (C=O) groups excluding carboxylic acids is 1. The molecule has 1 unspecified atom stereocenters. The van der Waals surface area contributed by atoms with Crippen LogP contribution in [0.4, 0.5) is 4.79 Å². The van der Waals surface area contributed by atoms with Crippen LogP contribution in [0.5, 0.6) is 0 Å². The Hall–Kier alpha value is -1.59. The number of aromatic nitrogens is 2. The van der Waals surface area contributed by atoms with Gasteiger partial charge in [-0.25, -0.2) is 4.79 Å². The summed E-state index contributed by atoms with van der Waals surface area (Å²) in [6.45, 7) is 6.72. The highest BCUT2D eigenvalue weighted by molar-refractivity contribution is 5.74. The molecule has 1 aromatic rings. The maximum atomic E-state index is 12.3. The van der Waals surface area contributed by atoms with Crippen molar-refractivity contribution < 1.29 is 9.32 Å². The highest BCUT2D eigenvalue weighted by Gasteiger charge is 2.25. The molecule has 6 heteroatoms. The average molecular weight is 322 g/mol. The molecule has 1 atom stereocenters. The van der Waals surface area contributed by atoms with Gasteiger partial charge in [0.25, 0.3) is 0 Å². The minimum atomic E-state index is -0.0216. The minimum Gasteiger partial charge on any atom is -0.339 e. The summed E-state index contributed by atoms with van der Waals surface area (Å²) in [5.74, 6) is 2.18. The molecule has 23 heavy (non-hydrogen) atoms. The fraction of sp³-hybridized carbons (Fsp3) is 0.824. The van der Waals surface area contributed by atoms with Crippen LogP contribution in [0.15, 0.2) is 4.52 Å². The van der Waals surface area contributed by atoms with Crippen molar-refractivity contribution in [2.75, 3.05) is 13.6 Å². The molecule has 1 aromatic heterocycles. The first-order chi connectivity index (χ1) is 11.0. The summed E-state index contributed by atoms with van der Waals surface area (Å²) in [5, 5.41) is 6.88. The zero-order valence-electron chi connectivity index (χ0n) is 14.8. The van der Waals surface area contributed by atoms with Crippen molar-refractivity contribution in [1.82, 2.24) is 20.4 Å². The van der Waals surface area contributed by atoms with Gasteiger partial charge in [0.15, 0.2) is 5.82 Å². The van der Waals surface area contributed by atoms with Crippen LogP contribution in [0.1, 0.15) is 70.5 Å². The molecule has 0 saturated heterocycles. The molecule has 1 saturated carbocycles.